The van der Waals surface area contributed by atoms with Crippen molar-refractivity contribution in [2.24, 2.45) is 0 Å². The minimum Gasteiger partial charge on any atom is -0.374 e. The van der Waals surface area contributed by atoms with Crippen molar-refractivity contribution in [3.8, 4) is 0 Å². The Morgan fingerprint density at radius 3 is 2.05 bits per heavy atom. The Balaban J connectivity index is 1.95. The predicted octanol–water partition coefficient (Wildman–Crippen LogP) is 4.42. The average molecular weight is 278 g/mol. The quantitative estimate of drug-likeness (QED) is 0.764. The van der Waals surface area contributed by atoms with Crippen LogP contribution in [0.5, 0.6) is 0 Å². The van der Waals surface area contributed by atoms with E-state index in [-0.39, 0.29) is 11.9 Å². The summed E-state index contributed by atoms with van der Waals surface area (Å²) in [6, 6.07) is 20.5. The van der Waals surface area contributed by atoms with Gasteiger partial charge in [0.1, 0.15) is 5.82 Å². The summed E-state index contributed by atoms with van der Waals surface area (Å²) in [4.78, 5) is 4.06. The van der Waals surface area contributed by atoms with E-state index in [2.05, 4.69) is 22.4 Å². The number of hydrogen-bond acceptors (Lipinski definition) is 2. The van der Waals surface area contributed by atoms with Gasteiger partial charge >= 0.3 is 0 Å². The highest BCUT2D eigenvalue weighted by Gasteiger charge is 2.13. The molecule has 0 amide bonds. The molecule has 2 aromatic carbocycles. The maximum Gasteiger partial charge on any atom is 0.123 e. The lowest BCUT2D eigenvalue weighted by molar-refractivity contribution is 0.628. The van der Waals surface area contributed by atoms with Crippen molar-refractivity contribution in [2.45, 2.75) is 6.04 Å². The fraction of sp³-hybridized carbons (Fsp3) is 0.0556. The summed E-state index contributed by atoms with van der Waals surface area (Å²) >= 11 is 0. The number of nitrogens with one attached hydrogen (secondary N) is 1. The van der Waals surface area contributed by atoms with Gasteiger partial charge in [-0.1, -0.05) is 30.3 Å². The van der Waals surface area contributed by atoms with Crippen molar-refractivity contribution in [2.75, 3.05) is 5.32 Å². The molecule has 3 rings (SSSR count). The standard InChI is InChI=1S/C18H15FN2/c19-16-6-8-17(9-7-16)21-18(14-4-2-1-3-5-14)15-10-12-20-13-11-15/h1-13,18,21H. The molecular formula is C18H15FN2. The Bertz CT molecular complexity index is 642. The molecule has 0 radical (unpaired) electrons. The van der Waals surface area contributed by atoms with E-state index >= 15 is 0 Å². The third-order valence-corrected chi connectivity index (χ3v) is 3.33. The van der Waals surface area contributed by atoms with Crippen molar-refractivity contribution in [1.82, 2.24) is 4.98 Å². The van der Waals surface area contributed by atoms with E-state index in [0.29, 0.717) is 0 Å². The lowest BCUT2D eigenvalue weighted by Crippen LogP contribution is -2.12. The van der Waals surface area contributed by atoms with Crippen LogP contribution < -0.4 is 5.32 Å². The Morgan fingerprint density at radius 2 is 1.38 bits per heavy atom. The molecule has 1 aromatic heterocycles. The molecule has 1 unspecified atom stereocenters. The average Bonchev–Trinajstić information content (AvgIpc) is 2.56. The first kappa shape index (κ1) is 13.3. The second kappa shape index (κ2) is 6.18. The van der Waals surface area contributed by atoms with E-state index in [1.807, 2.05) is 30.3 Å². The van der Waals surface area contributed by atoms with Gasteiger partial charge in [-0.05, 0) is 47.5 Å². The molecule has 0 bridgehead atoms. The first-order valence-corrected chi connectivity index (χ1v) is 6.80. The minimum absolute atomic E-state index is 0.000314. The number of nitrogens with zero attached hydrogens (tertiary/aromatic N) is 1. The highest BCUT2D eigenvalue weighted by atomic mass is 19.1. The molecule has 0 saturated heterocycles. The van der Waals surface area contributed by atoms with Crippen LogP contribution in [0.4, 0.5) is 10.1 Å². The molecule has 0 saturated carbocycles. The fourth-order valence-corrected chi connectivity index (χ4v) is 2.27. The van der Waals surface area contributed by atoms with Crippen LogP contribution in [-0.2, 0) is 0 Å². The van der Waals surface area contributed by atoms with Gasteiger partial charge in [-0.15, -0.1) is 0 Å². The van der Waals surface area contributed by atoms with Crippen molar-refractivity contribution in [1.29, 1.82) is 0 Å². The third kappa shape index (κ3) is 3.26. The van der Waals surface area contributed by atoms with E-state index in [4.69, 9.17) is 0 Å². The predicted molar refractivity (Wildman–Crippen MR) is 82.5 cm³/mol. The highest BCUT2D eigenvalue weighted by Crippen LogP contribution is 2.26. The summed E-state index contributed by atoms with van der Waals surface area (Å²) in [7, 11) is 0. The second-order valence-electron chi connectivity index (χ2n) is 4.78. The number of pyridine rings is 1. The van der Waals surface area contributed by atoms with Gasteiger partial charge in [-0.25, -0.2) is 4.39 Å². The summed E-state index contributed by atoms with van der Waals surface area (Å²) in [6.45, 7) is 0. The Hall–Kier alpha value is -2.68. The van der Waals surface area contributed by atoms with Crippen LogP contribution in [0.15, 0.2) is 79.1 Å². The van der Waals surface area contributed by atoms with Crippen LogP contribution in [0.2, 0.25) is 0 Å². The summed E-state index contributed by atoms with van der Waals surface area (Å²) in [5.41, 5.74) is 3.13. The van der Waals surface area contributed by atoms with Crippen LogP contribution in [0, 0.1) is 5.82 Å². The molecule has 0 aliphatic heterocycles. The summed E-state index contributed by atoms with van der Waals surface area (Å²) in [5.74, 6) is -0.235. The third-order valence-electron chi connectivity index (χ3n) is 3.33. The van der Waals surface area contributed by atoms with Crippen LogP contribution in [0.25, 0.3) is 0 Å². The molecule has 0 spiro atoms. The van der Waals surface area contributed by atoms with Gasteiger partial charge in [0.15, 0.2) is 0 Å². The number of anilines is 1. The maximum atomic E-state index is 13.0. The van der Waals surface area contributed by atoms with Gasteiger partial charge in [-0.2, -0.15) is 0 Å². The lowest BCUT2D eigenvalue weighted by Gasteiger charge is -2.21. The van der Waals surface area contributed by atoms with Gasteiger partial charge < -0.3 is 5.32 Å². The van der Waals surface area contributed by atoms with E-state index < -0.39 is 0 Å². The number of halogens is 1. The topological polar surface area (TPSA) is 24.9 Å². The molecule has 0 aliphatic rings. The number of benzene rings is 2. The lowest BCUT2D eigenvalue weighted by atomic mass is 9.99. The van der Waals surface area contributed by atoms with Gasteiger partial charge in [0.05, 0.1) is 6.04 Å². The normalized spacial score (nSPS) is 11.9. The summed E-state index contributed by atoms with van der Waals surface area (Å²) in [6.07, 6.45) is 3.55. The monoisotopic (exact) mass is 278 g/mol. The van der Waals surface area contributed by atoms with Crippen molar-refractivity contribution < 1.29 is 4.39 Å². The maximum absolute atomic E-state index is 13.0. The molecule has 3 heteroatoms. The molecule has 3 aromatic rings. The Morgan fingerprint density at radius 1 is 0.762 bits per heavy atom. The van der Waals surface area contributed by atoms with Crippen LogP contribution in [0.1, 0.15) is 17.2 Å². The Labute approximate surface area is 123 Å². The van der Waals surface area contributed by atoms with Crippen molar-refractivity contribution >= 4 is 5.69 Å². The number of aromatic nitrogens is 1. The van der Waals surface area contributed by atoms with Gasteiger partial charge in [0.25, 0.3) is 0 Å². The summed E-state index contributed by atoms with van der Waals surface area (Å²) in [5, 5.41) is 3.44. The SMILES string of the molecule is Fc1ccc(NC(c2ccccc2)c2ccncc2)cc1. The van der Waals surface area contributed by atoms with Gasteiger partial charge in [-0.3, -0.25) is 4.98 Å². The second-order valence-corrected chi connectivity index (χ2v) is 4.78. The van der Waals surface area contributed by atoms with Crippen LogP contribution >= 0.6 is 0 Å². The molecule has 0 aliphatic carbocycles. The molecule has 1 heterocycles. The van der Waals surface area contributed by atoms with Gasteiger partial charge in [0.2, 0.25) is 0 Å². The zero-order valence-corrected chi connectivity index (χ0v) is 11.4. The molecule has 0 fully saturated rings. The van der Waals surface area contributed by atoms with E-state index in [1.54, 1.807) is 24.5 Å². The first-order chi connectivity index (χ1) is 10.3. The van der Waals surface area contributed by atoms with E-state index in [9.17, 15) is 4.39 Å². The van der Waals surface area contributed by atoms with Gasteiger partial charge in [0, 0.05) is 18.1 Å². The minimum atomic E-state index is -0.235. The van der Waals surface area contributed by atoms with E-state index in [1.165, 1.54) is 12.1 Å². The first-order valence-electron chi connectivity index (χ1n) is 6.80. The number of hydrogen-bond donors (Lipinski definition) is 1. The number of rotatable bonds is 4. The molecule has 104 valence electrons. The molecule has 1 atom stereocenters. The highest BCUT2D eigenvalue weighted by molar-refractivity contribution is 5.48. The van der Waals surface area contributed by atoms with Crippen LogP contribution in [0.3, 0.4) is 0 Å². The smallest absolute Gasteiger partial charge is 0.123 e. The Kier molecular flexibility index (Phi) is 3.92. The molecule has 2 nitrogen and oxygen atoms in total. The van der Waals surface area contributed by atoms with Crippen molar-refractivity contribution in [3.63, 3.8) is 0 Å². The van der Waals surface area contributed by atoms with E-state index in [0.717, 1.165) is 16.8 Å². The molecule has 1 N–H and O–H groups in total. The molecular weight excluding hydrogens is 263 g/mol. The summed E-state index contributed by atoms with van der Waals surface area (Å²) < 4.78 is 13.0. The zero-order valence-electron chi connectivity index (χ0n) is 11.4. The van der Waals surface area contributed by atoms with Crippen molar-refractivity contribution in [3.05, 3.63) is 96.1 Å². The molecule has 21 heavy (non-hydrogen) atoms. The zero-order chi connectivity index (χ0) is 14.5. The fourth-order valence-electron chi connectivity index (χ4n) is 2.27. The van der Waals surface area contributed by atoms with Crippen LogP contribution in [-0.4, -0.2) is 4.98 Å². The largest absolute Gasteiger partial charge is 0.374 e.